The number of methoxy groups -OCH3 is 4. The van der Waals surface area contributed by atoms with Crippen LogP contribution in [0.15, 0.2) is 46.9 Å². The zero-order valence-corrected chi connectivity index (χ0v) is 20.9. The van der Waals surface area contributed by atoms with Crippen molar-refractivity contribution in [2.45, 2.75) is 39.0 Å². The lowest BCUT2D eigenvalue weighted by molar-refractivity contribution is 0.0994. The molecule has 34 heavy (non-hydrogen) atoms. The standard InChI is InChI=1S/C27H33NO6/c1-8-27(2,3)18-9-11-21(31-5)17(13-18)14-19-10-12-22(34-19)26(29)28-25-23(32-6)15-20(30-4)16-24(25)33-7/h9-13,15-16H,8,14H2,1-7H3,(H,28,29). The first kappa shape index (κ1) is 25.0. The maximum atomic E-state index is 12.9. The lowest BCUT2D eigenvalue weighted by atomic mass is 9.81. The molecule has 7 heteroatoms. The SMILES string of the molecule is CCC(C)(C)c1ccc(OC)c(Cc2ccc(C(=O)Nc3c(OC)cc(OC)cc3OC)o2)c1. The molecule has 7 nitrogen and oxygen atoms in total. The van der Waals surface area contributed by atoms with Crippen LogP contribution in [-0.2, 0) is 11.8 Å². The smallest absolute Gasteiger partial charge is 0.291 e. The number of carbonyl (C=O) groups excluding carboxylic acids is 1. The van der Waals surface area contributed by atoms with E-state index >= 15 is 0 Å². The summed E-state index contributed by atoms with van der Waals surface area (Å²) in [4.78, 5) is 12.9. The van der Waals surface area contributed by atoms with Gasteiger partial charge in [0.25, 0.3) is 5.91 Å². The van der Waals surface area contributed by atoms with Gasteiger partial charge in [-0.1, -0.05) is 32.9 Å². The summed E-state index contributed by atoms with van der Waals surface area (Å²) >= 11 is 0. The van der Waals surface area contributed by atoms with Gasteiger partial charge in [-0.2, -0.15) is 0 Å². The second kappa shape index (κ2) is 10.5. The Morgan fingerprint density at radius 3 is 2.09 bits per heavy atom. The van der Waals surface area contributed by atoms with E-state index in [2.05, 4.69) is 38.2 Å². The molecule has 0 aliphatic rings. The molecule has 0 fully saturated rings. The summed E-state index contributed by atoms with van der Waals surface area (Å²) in [6.45, 7) is 6.61. The van der Waals surface area contributed by atoms with Crippen LogP contribution in [0.25, 0.3) is 0 Å². The number of amides is 1. The van der Waals surface area contributed by atoms with E-state index < -0.39 is 5.91 Å². The fraction of sp³-hybridized carbons (Fsp3) is 0.370. The van der Waals surface area contributed by atoms with Gasteiger partial charge >= 0.3 is 0 Å². The lowest BCUT2D eigenvalue weighted by Crippen LogP contribution is -2.15. The van der Waals surface area contributed by atoms with Gasteiger partial charge in [0.05, 0.1) is 28.4 Å². The molecule has 0 spiro atoms. The van der Waals surface area contributed by atoms with E-state index in [-0.39, 0.29) is 11.2 Å². The van der Waals surface area contributed by atoms with E-state index in [1.807, 2.05) is 6.07 Å². The Bertz CT molecular complexity index is 1120. The predicted octanol–water partition coefficient (Wildman–Crippen LogP) is 5.84. The Morgan fingerprint density at radius 1 is 0.882 bits per heavy atom. The Labute approximate surface area is 201 Å². The first-order valence-corrected chi connectivity index (χ1v) is 11.1. The number of benzene rings is 2. The van der Waals surface area contributed by atoms with Crippen molar-refractivity contribution in [2.24, 2.45) is 0 Å². The minimum absolute atomic E-state index is 0.0473. The molecule has 0 bridgehead atoms. The predicted molar refractivity (Wildman–Crippen MR) is 132 cm³/mol. The molecular formula is C27H33NO6. The Kier molecular flexibility index (Phi) is 7.76. The maximum Gasteiger partial charge on any atom is 0.291 e. The molecule has 182 valence electrons. The van der Waals surface area contributed by atoms with E-state index in [0.717, 1.165) is 17.7 Å². The molecule has 1 N–H and O–H groups in total. The van der Waals surface area contributed by atoms with Crippen molar-refractivity contribution in [1.29, 1.82) is 0 Å². The van der Waals surface area contributed by atoms with Crippen LogP contribution in [0.5, 0.6) is 23.0 Å². The van der Waals surface area contributed by atoms with E-state index in [0.29, 0.717) is 35.1 Å². The zero-order valence-electron chi connectivity index (χ0n) is 20.9. The molecule has 3 rings (SSSR count). The summed E-state index contributed by atoms with van der Waals surface area (Å²) in [5.74, 6) is 2.58. The summed E-state index contributed by atoms with van der Waals surface area (Å²) in [7, 11) is 6.22. The molecule has 1 amide bonds. The summed E-state index contributed by atoms with van der Waals surface area (Å²) in [6, 6.07) is 13.0. The van der Waals surface area contributed by atoms with Gasteiger partial charge in [-0.3, -0.25) is 4.79 Å². The second-order valence-corrected chi connectivity index (χ2v) is 8.57. The van der Waals surface area contributed by atoms with Crippen molar-refractivity contribution in [2.75, 3.05) is 33.8 Å². The molecule has 0 atom stereocenters. The van der Waals surface area contributed by atoms with Crippen molar-refractivity contribution in [3.63, 3.8) is 0 Å². The third-order valence-corrected chi connectivity index (χ3v) is 6.15. The lowest BCUT2D eigenvalue weighted by Gasteiger charge is -2.24. The highest BCUT2D eigenvalue weighted by molar-refractivity contribution is 6.04. The molecule has 0 radical (unpaired) electrons. The van der Waals surface area contributed by atoms with Crippen molar-refractivity contribution in [3.05, 3.63) is 65.1 Å². The fourth-order valence-corrected chi connectivity index (χ4v) is 3.63. The van der Waals surface area contributed by atoms with Gasteiger partial charge in [0, 0.05) is 24.1 Å². The number of furan rings is 1. The maximum absolute atomic E-state index is 12.9. The van der Waals surface area contributed by atoms with Crippen molar-refractivity contribution < 1.29 is 28.2 Å². The molecular weight excluding hydrogens is 434 g/mol. The number of anilines is 1. The quantitative estimate of drug-likeness (QED) is 0.403. The van der Waals surface area contributed by atoms with E-state index in [1.165, 1.54) is 19.8 Å². The topological polar surface area (TPSA) is 79.2 Å². The molecule has 0 saturated heterocycles. The fourth-order valence-electron chi connectivity index (χ4n) is 3.63. The average molecular weight is 468 g/mol. The molecule has 3 aromatic rings. The molecule has 0 saturated carbocycles. The number of hydrogen-bond donors (Lipinski definition) is 1. The minimum atomic E-state index is -0.416. The highest BCUT2D eigenvalue weighted by Gasteiger charge is 2.22. The Hall–Kier alpha value is -3.61. The highest BCUT2D eigenvalue weighted by atomic mass is 16.5. The van der Waals surface area contributed by atoms with Crippen LogP contribution >= 0.6 is 0 Å². The number of rotatable bonds is 10. The van der Waals surface area contributed by atoms with Gasteiger partial charge in [-0.05, 0) is 35.6 Å². The summed E-state index contributed by atoms with van der Waals surface area (Å²) in [5.41, 5.74) is 2.67. The van der Waals surface area contributed by atoms with Gasteiger partial charge in [-0.15, -0.1) is 0 Å². The van der Waals surface area contributed by atoms with Crippen molar-refractivity contribution >= 4 is 11.6 Å². The average Bonchev–Trinajstić information content (AvgIpc) is 3.32. The molecule has 0 aliphatic carbocycles. The van der Waals surface area contributed by atoms with Crippen LogP contribution in [0, 0.1) is 0 Å². The van der Waals surface area contributed by atoms with Gasteiger partial charge < -0.3 is 28.7 Å². The number of hydrogen-bond acceptors (Lipinski definition) is 6. The number of nitrogens with one attached hydrogen (secondary N) is 1. The van der Waals surface area contributed by atoms with E-state index in [4.69, 9.17) is 23.4 Å². The van der Waals surface area contributed by atoms with Gasteiger partial charge in [-0.25, -0.2) is 0 Å². The van der Waals surface area contributed by atoms with Gasteiger partial charge in [0.2, 0.25) is 0 Å². The summed E-state index contributed by atoms with van der Waals surface area (Å²) < 4.78 is 27.5. The number of ether oxygens (including phenoxy) is 4. The van der Waals surface area contributed by atoms with Crippen molar-refractivity contribution in [1.82, 2.24) is 0 Å². The van der Waals surface area contributed by atoms with Crippen molar-refractivity contribution in [3.8, 4) is 23.0 Å². The summed E-state index contributed by atoms with van der Waals surface area (Å²) in [5, 5.41) is 2.82. The van der Waals surface area contributed by atoms with Crippen LogP contribution in [0.3, 0.4) is 0 Å². The van der Waals surface area contributed by atoms with Crippen LogP contribution in [-0.4, -0.2) is 34.3 Å². The normalized spacial score (nSPS) is 11.1. The van der Waals surface area contributed by atoms with Crippen LogP contribution in [0.1, 0.15) is 54.6 Å². The summed E-state index contributed by atoms with van der Waals surface area (Å²) in [6.07, 6.45) is 1.52. The first-order valence-electron chi connectivity index (χ1n) is 11.1. The number of carbonyl (C=O) groups is 1. The molecule has 0 aliphatic heterocycles. The van der Waals surface area contributed by atoms with Gasteiger partial charge in [0.15, 0.2) is 5.76 Å². The highest BCUT2D eigenvalue weighted by Crippen LogP contribution is 2.39. The van der Waals surface area contributed by atoms with E-state index in [1.54, 1.807) is 38.5 Å². The minimum Gasteiger partial charge on any atom is -0.496 e. The molecule has 1 aromatic heterocycles. The van der Waals surface area contributed by atoms with Crippen LogP contribution in [0.2, 0.25) is 0 Å². The van der Waals surface area contributed by atoms with Crippen LogP contribution < -0.4 is 24.3 Å². The second-order valence-electron chi connectivity index (χ2n) is 8.57. The third kappa shape index (κ3) is 5.30. The van der Waals surface area contributed by atoms with Gasteiger partial charge in [0.1, 0.15) is 34.4 Å². The molecule has 0 unspecified atom stereocenters. The van der Waals surface area contributed by atoms with Crippen LogP contribution in [0.4, 0.5) is 5.69 Å². The Morgan fingerprint density at radius 2 is 1.53 bits per heavy atom. The largest absolute Gasteiger partial charge is 0.496 e. The first-order chi connectivity index (χ1) is 16.3. The molecule has 2 aromatic carbocycles. The third-order valence-electron chi connectivity index (χ3n) is 6.15. The Balaban J connectivity index is 1.84. The zero-order chi connectivity index (χ0) is 24.9. The molecule has 1 heterocycles. The monoisotopic (exact) mass is 467 g/mol. The van der Waals surface area contributed by atoms with E-state index in [9.17, 15) is 4.79 Å².